The first kappa shape index (κ1) is 15.2. The molecule has 0 saturated carbocycles. The monoisotopic (exact) mass is 246 g/mol. The van der Waals surface area contributed by atoms with Crippen LogP contribution in [0.1, 0.15) is 26.2 Å². The first-order valence-corrected chi connectivity index (χ1v) is 5.19. The van der Waals surface area contributed by atoms with Crippen LogP contribution in [-0.4, -0.2) is 30.5 Å². The van der Waals surface area contributed by atoms with Gasteiger partial charge in [-0.25, -0.2) is 19.4 Å². The van der Waals surface area contributed by atoms with Crippen LogP contribution in [0.3, 0.4) is 0 Å². The minimum absolute atomic E-state index is 0.0157. The van der Waals surface area contributed by atoms with Gasteiger partial charge in [-0.05, 0) is 12.8 Å². The van der Waals surface area contributed by atoms with Gasteiger partial charge in [0.05, 0.1) is 0 Å². The van der Waals surface area contributed by atoms with Crippen molar-refractivity contribution in [3.63, 3.8) is 0 Å². The molecule has 98 valence electrons. The standard InChI is InChI=1S/C9H18N4O4/c1-2-7(14)16-17-8(15)6(10)4-3-5-13-9(11)12/h6H,2-5,10H2,1H3,(H4,11,12,13)/t6-/m0/s1. The maximum Gasteiger partial charge on any atom is 0.372 e. The van der Waals surface area contributed by atoms with Gasteiger partial charge in [-0.3, -0.25) is 4.99 Å². The molecule has 0 aliphatic rings. The van der Waals surface area contributed by atoms with Gasteiger partial charge in [0.1, 0.15) is 6.04 Å². The minimum atomic E-state index is -0.867. The Morgan fingerprint density at radius 1 is 1.29 bits per heavy atom. The van der Waals surface area contributed by atoms with E-state index >= 15 is 0 Å². The Hall–Kier alpha value is -1.83. The Morgan fingerprint density at radius 2 is 1.94 bits per heavy atom. The molecule has 17 heavy (non-hydrogen) atoms. The molecular formula is C9H18N4O4. The minimum Gasteiger partial charge on any atom is -0.370 e. The molecule has 0 unspecified atom stereocenters. The Bertz CT molecular complexity index is 289. The number of hydrogen-bond donors (Lipinski definition) is 3. The zero-order chi connectivity index (χ0) is 13.3. The highest BCUT2D eigenvalue weighted by molar-refractivity contribution is 5.76. The van der Waals surface area contributed by atoms with Gasteiger partial charge < -0.3 is 17.2 Å². The van der Waals surface area contributed by atoms with Crippen molar-refractivity contribution in [3.05, 3.63) is 0 Å². The van der Waals surface area contributed by atoms with Crippen molar-refractivity contribution in [2.75, 3.05) is 6.54 Å². The van der Waals surface area contributed by atoms with Crippen molar-refractivity contribution < 1.29 is 19.4 Å². The van der Waals surface area contributed by atoms with E-state index in [0.717, 1.165) is 0 Å². The van der Waals surface area contributed by atoms with E-state index in [0.29, 0.717) is 19.4 Å². The van der Waals surface area contributed by atoms with Gasteiger partial charge >= 0.3 is 11.9 Å². The van der Waals surface area contributed by atoms with Gasteiger partial charge in [-0.2, -0.15) is 0 Å². The average molecular weight is 246 g/mol. The maximum absolute atomic E-state index is 11.2. The molecule has 0 aromatic rings. The van der Waals surface area contributed by atoms with Gasteiger partial charge in [0.15, 0.2) is 5.96 Å². The third kappa shape index (κ3) is 8.03. The van der Waals surface area contributed by atoms with Gasteiger partial charge in [0, 0.05) is 13.0 Å². The molecule has 0 bridgehead atoms. The second kappa shape index (κ2) is 8.34. The fraction of sp³-hybridized carbons (Fsp3) is 0.667. The van der Waals surface area contributed by atoms with Crippen LogP contribution in [0.15, 0.2) is 4.99 Å². The third-order valence-electron chi connectivity index (χ3n) is 1.78. The first-order chi connectivity index (χ1) is 7.97. The lowest BCUT2D eigenvalue weighted by molar-refractivity contribution is -0.259. The molecule has 1 atom stereocenters. The Labute approximate surface area is 99.1 Å². The molecule has 8 heteroatoms. The highest BCUT2D eigenvalue weighted by Gasteiger charge is 2.17. The molecule has 0 heterocycles. The van der Waals surface area contributed by atoms with E-state index < -0.39 is 18.0 Å². The summed E-state index contributed by atoms with van der Waals surface area (Å²) < 4.78 is 0. The highest BCUT2D eigenvalue weighted by Crippen LogP contribution is 1.99. The predicted molar refractivity (Wildman–Crippen MR) is 60.4 cm³/mol. The van der Waals surface area contributed by atoms with Crippen LogP contribution < -0.4 is 17.2 Å². The molecule has 0 spiro atoms. The summed E-state index contributed by atoms with van der Waals surface area (Å²) in [5.74, 6) is -1.44. The van der Waals surface area contributed by atoms with Crippen molar-refractivity contribution in [2.24, 2.45) is 22.2 Å². The molecular weight excluding hydrogens is 228 g/mol. The van der Waals surface area contributed by atoms with E-state index in [1.54, 1.807) is 6.92 Å². The van der Waals surface area contributed by atoms with Crippen molar-refractivity contribution in [3.8, 4) is 0 Å². The smallest absolute Gasteiger partial charge is 0.370 e. The molecule has 0 aliphatic heterocycles. The van der Waals surface area contributed by atoms with Crippen LogP contribution in [0.25, 0.3) is 0 Å². The summed E-state index contributed by atoms with van der Waals surface area (Å²) in [4.78, 5) is 34.0. The summed E-state index contributed by atoms with van der Waals surface area (Å²) in [5.41, 5.74) is 15.7. The van der Waals surface area contributed by atoms with Crippen LogP contribution in [-0.2, 0) is 19.4 Å². The molecule has 0 saturated heterocycles. The number of carbonyl (C=O) groups excluding carboxylic acids is 2. The normalized spacial score (nSPS) is 11.4. The lowest BCUT2D eigenvalue weighted by Crippen LogP contribution is -2.33. The molecule has 0 rings (SSSR count). The second-order valence-corrected chi connectivity index (χ2v) is 3.27. The van der Waals surface area contributed by atoms with Gasteiger partial charge in [-0.15, -0.1) is 0 Å². The lowest BCUT2D eigenvalue weighted by Gasteiger charge is -2.08. The number of hydrogen-bond acceptors (Lipinski definition) is 6. The number of guanidine groups is 1. The number of carbonyl (C=O) groups is 2. The quantitative estimate of drug-likeness (QED) is 0.175. The molecule has 6 N–H and O–H groups in total. The van der Waals surface area contributed by atoms with Crippen molar-refractivity contribution >= 4 is 17.9 Å². The SMILES string of the molecule is CCC(=O)OOC(=O)[C@@H](N)CCCN=C(N)N. The molecule has 0 amide bonds. The largest absolute Gasteiger partial charge is 0.372 e. The summed E-state index contributed by atoms with van der Waals surface area (Å²) in [6, 6.07) is -0.867. The molecule has 0 radical (unpaired) electrons. The summed E-state index contributed by atoms with van der Waals surface area (Å²) in [5, 5.41) is 0. The lowest BCUT2D eigenvalue weighted by atomic mass is 10.2. The summed E-state index contributed by atoms with van der Waals surface area (Å²) >= 11 is 0. The van der Waals surface area contributed by atoms with Crippen LogP contribution in [0.5, 0.6) is 0 Å². The summed E-state index contributed by atoms with van der Waals surface area (Å²) in [7, 11) is 0. The van der Waals surface area contributed by atoms with E-state index in [1.807, 2.05) is 0 Å². The van der Waals surface area contributed by atoms with Crippen molar-refractivity contribution in [1.29, 1.82) is 0 Å². The van der Waals surface area contributed by atoms with Crippen LogP contribution in [0, 0.1) is 0 Å². The van der Waals surface area contributed by atoms with Crippen molar-refractivity contribution in [2.45, 2.75) is 32.2 Å². The van der Waals surface area contributed by atoms with E-state index in [4.69, 9.17) is 17.2 Å². The fourth-order valence-corrected chi connectivity index (χ4v) is 0.845. The number of rotatable bonds is 6. The Morgan fingerprint density at radius 3 is 2.47 bits per heavy atom. The second-order valence-electron chi connectivity index (χ2n) is 3.27. The van der Waals surface area contributed by atoms with Crippen LogP contribution in [0.4, 0.5) is 0 Å². The average Bonchev–Trinajstić information content (AvgIpc) is 2.30. The number of nitrogens with two attached hydrogens (primary N) is 3. The Balaban J connectivity index is 3.74. The van der Waals surface area contributed by atoms with E-state index in [1.165, 1.54) is 0 Å². The zero-order valence-electron chi connectivity index (χ0n) is 9.72. The summed E-state index contributed by atoms with van der Waals surface area (Å²) in [6.45, 7) is 1.95. The van der Waals surface area contributed by atoms with Gasteiger partial charge in [0.2, 0.25) is 0 Å². The zero-order valence-corrected chi connectivity index (χ0v) is 9.72. The first-order valence-electron chi connectivity index (χ1n) is 5.19. The predicted octanol–water partition coefficient (Wildman–Crippen LogP) is -1.22. The summed E-state index contributed by atoms with van der Waals surface area (Å²) in [6.07, 6.45) is 0.974. The van der Waals surface area contributed by atoms with E-state index in [9.17, 15) is 9.59 Å². The maximum atomic E-state index is 11.2. The number of nitrogens with zero attached hydrogens (tertiary/aromatic N) is 1. The number of aliphatic imine (C=N–C) groups is 1. The highest BCUT2D eigenvalue weighted by atomic mass is 17.2. The van der Waals surface area contributed by atoms with E-state index in [-0.39, 0.29) is 12.4 Å². The Kier molecular flexibility index (Phi) is 7.44. The molecule has 0 aliphatic carbocycles. The molecule has 0 aromatic carbocycles. The fourth-order valence-electron chi connectivity index (χ4n) is 0.845. The topological polar surface area (TPSA) is 143 Å². The molecule has 0 aromatic heterocycles. The molecule has 0 fully saturated rings. The van der Waals surface area contributed by atoms with Gasteiger partial charge in [0.25, 0.3) is 0 Å². The van der Waals surface area contributed by atoms with E-state index in [2.05, 4.69) is 14.8 Å². The van der Waals surface area contributed by atoms with Crippen LogP contribution >= 0.6 is 0 Å². The molecule has 8 nitrogen and oxygen atoms in total. The van der Waals surface area contributed by atoms with Crippen molar-refractivity contribution in [1.82, 2.24) is 0 Å². The van der Waals surface area contributed by atoms with Crippen LogP contribution in [0.2, 0.25) is 0 Å². The third-order valence-corrected chi connectivity index (χ3v) is 1.78. The van der Waals surface area contributed by atoms with Gasteiger partial charge in [-0.1, -0.05) is 6.92 Å².